The SMILES string of the molecule is O=C(CN1CCN(c2ccccc2F)CC1)c1ccco1. The molecule has 3 rings (SSSR count). The molecule has 1 aromatic carbocycles. The summed E-state index contributed by atoms with van der Waals surface area (Å²) >= 11 is 0. The molecular weight excluding hydrogens is 271 g/mol. The van der Waals surface area contributed by atoms with E-state index in [-0.39, 0.29) is 11.6 Å². The quantitative estimate of drug-likeness (QED) is 0.810. The van der Waals surface area contributed by atoms with E-state index in [4.69, 9.17) is 4.42 Å². The second-order valence-electron chi connectivity index (χ2n) is 5.12. The summed E-state index contributed by atoms with van der Waals surface area (Å²) in [6, 6.07) is 10.2. The van der Waals surface area contributed by atoms with Crippen LogP contribution >= 0.6 is 0 Å². The zero-order chi connectivity index (χ0) is 14.7. The van der Waals surface area contributed by atoms with Gasteiger partial charge in [0.15, 0.2) is 5.76 Å². The van der Waals surface area contributed by atoms with Crippen molar-refractivity contribution in [3.63, 3.8) is 0 Å². The molecule has 21 heavy (non-hydrogen) atoms. The zero-order valence-corrected chi connectivity index (χ0v) is 11.7. The van der Waals surface area contributed by atoms with Gasteiger partial charge in [-0.1, -0.05) is 12.1 Å². The van der Waals surface area contributed by atoms with Crippen molar-refractivity contribution in [2.75, 3.05) is 37.6 Å². The predicted octanol–water partition coefficient (Wildman–Crippen LogP) is 2.42. The minimum absolute atomic E-state index is 0.0145. The summed E-state index contributed by atoms with van der Waals surface area (Å²) in [6.07, 6.45) is 1.50. The molecule has 0 spiro atoms. The smallest absolute Gasteiger partial charge is 0.211 e. The Morgan fingerprint density at radius 1 is 1.10 bits per heavy atom. The van der Waals surface area contributed by atoms with Crippen LogP contribution < -0.4 is 4.90 Å². The highest BCUT2D eigenvalue weighted by Crippen LogP contribution is 2.20. The molecule has 0 aliphatic carbocycles. The van der Waals surface area contributed by atoms with Crippen LogP contribution in [0.2, 0.25) is 0 Å². The number of anilines is 1. The highest BCUT2D eigenvalue weighted by atomic mass is 19.1. The Kier molecular flexibility index (Phi) is 4.01. The van der Waals surface area contributed by atoms with E-state index in [1.807, 2.05) is 11.0 Å². The molecule has 0 N–H and O–H groups in total. The first-order valence-electron chi connectivity index (χ1n) is 7.02. The lowest BCUT2D eigenvalue weighted by Gasteiger charge is -2.35. The van der Waals surface area contributed by atoms with E-state index < -0.39 is 0 Å². The fourth-order valence-corrected chi connectivity index (χ4v) is 2.57. The predicted molar refractivity (Wildman–Crippen MR) is 78.1 cm³/mol. The van der Waals surface area contributed by atoms with Gasteiger partial charge in [0.05, 0.1) is 18.5 Å². The van der Waals surface area contributed by atoms with E-state index in [1.54, 1.807) is 24.3 Å². The van der Waals surface area contributed by atoms with E-state index in [1.165, 1.54) is 12.3 Å². The molecule has 1 fully saturated rings. The lowest BCUT2D eigenvalue weighted by Crippen LogP contribution is -2.48. The normalized spacial score (nSPS) is 16.1. The fourth-order valence-electron chi connectivity index (χ4n) is 2.57. The molecule has 0 saturated carbocycles. The van der Waals surface area contributed by atoms with E-state index in [9.17, 15) is 9.18 Å². The molecule has 1 saturated heterocycles. The van der Waals surface area contributed by atoms with Gasteiger partial charge in [-0.3, -0.25) is 9.69 Å². The summed E-state index contributed by atoms with van der Waals surface area (Å²) in [7, 11) is 0. The largest absolute Gasteiger partial charge is 0.461 e. The molecule has 2 heterocycles. The van der Waals surface area contributed by atoms with Crippen LogP contribution in [0.5, 0.6) is 0 Å². The van der Waals surface area contributed by atoms with Crippen LogP contribution in [0.3, 0.4) is 0 Å². The van der Waals surface area contributed by atoms with Gasteiger partial charge < -0.3 is 9.32 Å². The lowest BCUT2D eigenvalue weighted by atomic mass is 10.2. The summed E-state index contributed by atoms with van der Waals surface area (Å²) in [5.74, 6) is 0.184. The number of halogens is 1. The van der Waals surface area contributed by atoms with E-state index in [0.29, 0.717) is 31.1 Å². The van der Waals surface area contributed by atoms with Crippen LogP contribution in [0.1, 0.15) is 10.6 Å². The van der Waals surface area contributed by atoms with Crippen LogP contribution in [0.15, 0.2) is 47.1 Å². The van der Waals surface area contributed by atoms with Gasteiger partial charge in [0, 0.05) is 26.2 Å². The fraction of sp³-hybridized carbons (Fsp3) is 0.312. The van der Waals surface area contributed by atoms with Crippen molar-refractivity contribution in [2.24, 2.45) is 0 Å². The number of hydrogen-bond donors (Lipinski definition) is 0. The number of carbonyl (C=O) groups is 1. The number of nitrogens with zero attached hydrogens (tertiary/aromatic N) is 2. The van der Waals surface area contributed by atoms with Gasteiger partial charge in [-0.05, 0) is 24.3 Å². The standard InChI is InChI=1S/C16H17FN2O2/c17-13-4-1-2-5-14(13)19-9-7-18(8-10-19)12-15(20)16-6-3-11-21-16/h1-6,11H,7-10,12H2. The Morgan fingerprint density at radius 2 is 1.86 bits per heavy atom. The number of ketones is 1. The number of rotatable bonds is 4. The number of Topliss-reactive ketones (excluding diaryl/α,β-unsaturated/α-hetero) is 1. The summed E-state index contributed by atoms with van der Waals surface area (Å²) in [5.41, 5.74) is 0.634. The van der Waals surface area contributed by atoms with Crippen molar-refractivity contribution in [1.29, 1.82) is 0 Å². The number of carbonyl (C=O) groups excluding carboxylic acids is 1. The van der Waals surface area contributed by atoms with Gasteiger partial charge in [0.2, 0.25) is 5.78 Å². The molecule has 0 unspecified atom stereocenters. The topological polar surface area (TPSA) is 36.7 Å². The van der Waals surface area contributed by atoms with Gasteiger partial charge >= 0.3 is 0 Å². The maximum absolute atomic E-state index is 13.7. The molecule has 1 aromatic heterocycles. The van der Waals surface area contributed by atoms with Crippen molar-refractivity contribution >= 4 is 11.5 Å². The average Bonchev–Trinajstić information content (AvgIpc) is 3.03. The van der Waals surface area contributed by atoms with Crippen molar-refractivity contribution in [3.8, 4) is 0 Å². The third kappa shape index (κ3) is 3.13. The number of benzene rings is 1. The van der Waals surface area contributed by atoms with Gasteiger partial charge in [-0.2, -0.15) is 0 Å². The first-order chi connectivity index (χ1) is 10.2. The van der Waals surface area contributed by atoms with Crippen LogP contribution in [0, 0.1) is 5.82 Å². The summed E-state index contributed by atoms with van der Waals surface area (Å²) in [6.45, 7) is 3.25. The minimum Gasteiger partial charge on any atom is -0.461 e. The second-order valence-corrected chi connectivity index (χ2v) is 5.12. The number of furan rings is 1. The molecule has 0 amide bonds. The summed E-state index contributed by atoms with van der Waals surface area (Å²) < 4.78 is 18.9. The Hall–Kier alpha value is -2.14. The Morgan fingerprint density at radius 3 is 2.52 bits per heavy atom. The van der Waals surface area contributed by atoms with Crippen molar-refractivity contribution < 1.29 is 13.6 Å². The van der Waals surface area contributed by atoms with Gasteiger partial charge in [0.1, 0.15) is 5.82 Å². The maximum atomic E-state index is 13.7. The average molecular weight is 288 g/mol. The maximum Gasteiger partial charge on any atom is 0.211 e. The minimum atomic E-state index is -0.197. The summed E-state index contributed by atoms with van der Waals surface area (Å²) in [4.78, 5) is 16.1. The van der Waals surface area contributed by atoms with Gasteiger partial charge in [0.25, 0.3) is 0 Å². The third-order valence-electron chi connectivity index (χ3n) is 3.73. The van der Waals surface area contributed by atoms with E-state index in [2.05, 4.69) is 4.90 Å². The van der Waals surface area contributed by atoms with Crippen LogP contribution in [0.4, 0.5) is 10.1 Å². The summed E-state index contributed by atoms with van der Waals surface area (Å²) in [5, 5.41) is 0. The van der Waals surface area contributed by atoms with Crippen molar-refractivity contribution in [2.45, 2.75) is 0 Å². The Labute approximate surface area is 122 Å². The number of hydrogen-bond acceptors (Lipinski definition) is 4. The van der Waals surface area contributed by atoms with E-state index in [0.717, 1.165) is 13.1 Å². The van der Waals surface area contributed by atoms with Gasteiger partial charge in [-0.15, -0.1) is 0 Å². The molecular formula is C16H17FN2O2. The molecule has 2 aromatic rings. The third-order valence-corrected chi connectivity index (χ3v) is 3.73. The Balaban J connectivity index is 1.56. The first-order valence-corrected chi connectivity index (χ1v) is 7.02. The molecule has 0 radical (unpaired) electrons. The lowest BCUT2D eigenvalue weighted by molar-refractivity contribution is 0.0899. The highest BCUT2D eigenvalue weighted by Gasteiger charge is 2.21. The molecule has 5 heteroatoms. The van der Waals surface area contributed by atoms with Gasteiger partial charge in [-0.25, -0.2) is 4.39 Å². The molecule has 110 valence electrons. The highest BCUT2D eigenvalue weighted by molar-refractivity contribution is 5.95. The Bertz CT molecular complexity index is 604. The van der Waals surface area contributed by atoms with Crippen molar-refractivity contribution in [1.82, 2.24) is 4.90 Å². The number of piperazine rings is 1. The molecule has 0 atom stereocenters. The molecule has 0 bridgehead atoms. The van der Waals surface area contributed by atoms with Crippen LogP contribution in [-0.2, 0) is 0 Å². The van der Waals surface area contributed by atoms with Crippen molar-refractivity contribution in [3.05, 3.63) is 54.2 Å². The first kappa shape index (κ1) is 13.8. The zero-order valence-electron chi connectivity index (χ0n) is 11.7. The van der Waals surface area contributed by atoms with E-state index >= 15 is 0 Å². The molecule has 4 nitrogen and oxygen atoms in total. The van der Waals surface area contributed by atoms with Crippen LogP contribution in [-0.4, -0.2) is 43.4 Å². The number of para-hydroxylation sites is 1. The monoisotopic (exact) mass is 288 g/mol. The molecule has 1 aliphatic rings. The second kappa shape index (κ2) is 6.10. The van der Waals surface area contributed by atoms with Crippen LogP contribution in [0.25, 0.3) is 0 Å². The molecule has 1 aliphatic heterocycles.